The third-order valence-corrected chi connectivity index (χ3v) is 4.37. The van der Waals surface area contributed by atoms with Gasteiger partial charge in [-0.05, 0) is 38.8 Å². The molecule has 2 atom stereocenters. The Hall–Kier alpha value is -2.83. The number of rotatable bonds is 3. The number of aliphatic carboxylic acids is 1. The van der Waals surface area contributed by atoms with Crippen molar-refractivity contribution >= 4 is 17.8 Å². The summed E-state index contributed by atoms with van der Waals surface area (Å²) in [6, 6.07) is 5.92. The van der Waals surface area contributed by atoms with Gasteiger partial charge in [0.05, 0.1) is 17.4 Å². The Morgan fingerprint density at radius 3 is 2.17 bits per heavy atom. The minimum Gasteiger partial charge on any atom is -0.507 e. The first-order valence-electron chi connectivity index (χ1n) is 7.57. The van der Waals surface area contributed by atoms with Crippen LogP contribution in [0.4, 0.5) is 0 Å². The van der Waals surface area contributed by atoms with E-state index in [9.17, 15) is 24.6 Å². The van der Waals surface area contributed by atoms with Crippen LogP contribution in [-0.4, -0.2) is 28.0 Å². The zero-order chi connectivity index (χ0) is 17.9. The number of carboxylic acid groups (broad SMARTS) is 1. The number of aromatic hydroxyl groups is 1. The van der Waals surface area contributed by atoms with Crippen LogP contribution in [0.15, 0.2) is 35.4 Å². The van der Waals surface area contributed by atoms with Gasteiger partial charge >= 0.3 is 5.97 Å². The highest BCUT2D eigenvalue weighted by Gasteiger charge is 2.37. The normalized spacial score (nSPS) is 20.4. The number of amides is 2. The molecule has 0 aromatic heterocycles. The minimum absolute atomic E-state index is 0.0168. The number of carboxylic acids is 1. The van der Waals surface area contributed by atoms with Crippen molar-refractivity contribution in [2.75, 3.05) is 0 Å². The van der Waals surface area contributed by atoms with Gasteiger partial charge < -0.3 is 10.2 Å². The molecule has 24 heavy (non-hydrogen) atoms. The van der Waals surface area contributed by atoms with E-state index in [0.717, 1.165) is 11.1 Å². The monoisotopic (exact) mass is 332 g/mol. The van der Waals surface area contributed by atoms with Crippen molar-refractivity contribution in [1.29, 1.82) is 0 Å². The molecule has 1 aliphatic carbocycles. The fraction of sp³-hybridized carbons (Fsp3) is 0.353. The molecule has 0 radical (unpaired) electrons. The molecule has 0 unspecified atom stereocenters. The lowest BCUT2D eigenvalue weighted by molar-refractivity contribution is -0.147. The Morgan fingerprint density at radius 2 is 1.58 bits per heavy atom. The van der Waals surface area contributed by atoms with Gasteiger partial charge in [-0.1, -0.05) is 23.3 Å². The summed E-state index contributed by atoms with van der Waals surface area (Å²) in [5.74, 6) is -4.05. The van der Waals surface area contributed by atoms with Crippen LogP contribution in [0.1, 0.15) is 37.0 Å². The molecule has 0 aliphatic heterocycles. The van der Waals surface area contributed by atoms with Crippen LogP contribution in [0.3, 0.4) is 0 Å². The SMILES string of the molecule is CC1=C(C)C[C@@H](C(=O)NNC(=O)c2ccccc2O)[C@@H](C(=O)O)C1. The van der Waals surface area contributed by atoms with E-state index in [4.69, 9.17) is 0 Å². The summed E-state index contributed by atoms with van der Waals surface area (Å²) in [6.45, 7) is 3.73. The molecule has 4 N–H and O–H groups in total. The van der Waals surface area contributed by atoms with Crippen molar-refractivity contribution in [1.82, 2.24) is 10.9 Å². The predicted octanol–water partition coefficient (Wildman–Crippen LogP) is 1.60. The molecule has 1 aliphatic rings. The third-order valence-electron chi connectivity index (χ3n) is 4.37. The van der Waals surface area contributed by atoms with E-state index in [1.807, 2.05) is 13.8 Å². The van der Waals surface area contributed by atoms with Crippen LogP contribution in [-0.2, 0) is 9.59 Å². The Bertz CT molecular complexity index is 711. The standard InChI is InChI=1S/C17H20N2O5/c1-9-7-12(13(17(23)24)8-10(9)2)16(22)19-18-15(21)11-5-3-4-6-14(11)20/h3-6,12-13,20H,7-8H2,1-2H3,(H,18,21)(H,19,22)(H,23,24)/t12-,13+/m1/s1. The molecular formula is C17H20N2O5. The lowest BCUT2D eigenvalue weighted by Crippen LogP contribution is -2.48. The van der Waals surface area contributed by atoms with Gasteiger partial charge in [0.1, 0.15) is 5.75 Å². The van der Waals surface area contributed by atoms with E-state index in [0.29, 0.717) is 12.8 Å². The van der Waals surface area contributed by atoms with Crippen molar-refractivity contribution in [3.05, 3.63) is 41.0 Å². The van der Waals surface area contributed by atoms with Crippen molar-refractivity contribution in [3.63, 3.8) is 0 Å². The maximum absolute atomic E-state index is 12.3. The Kier molecular flexibility index (Phi) is 5.23. The highest BCUT2D eigenvalue weighted by Crippen LogP contribution is 2.34. The van der Waals surface area contributed by atoms with E-state index < -0.39 is 29.6 Å². The van der Waals surface area contributed by atoms with Gasteiger partial charge in [-0.3, -0.25) is 25.2 Å². The molecule has 0 fully saturated rings. The summed E-state index contributed by atoms with van der Waals surface area (Å²) in [6.07, 6.45) is 0.647. The van der Waals surface area contributed by atoms with E-state index in [-0.39, 0.29) is 11.3 Å². The summed E-state index contributed by atoms with van der Waals surface area (Å²) in [4.78, 5) is 35.7. The van der Waals surface area contributed by atoms with Gasteiger partial charge in [-0.25, -0.2) is 0 Å². The molecule has 2 rings (SSSR count). The van der Waals surface area contributed by atoms with Crippen LogP contribution in [0, 0.1) is 11.8 Å². The highest BCUT2D eigenvalue weighted by molar-refractivity contribution is 5.98. The van der Waals surface area contributed by atoms with Crippen LogP contribution >= 0.6 is 0 Å². The summed E-state index contributed by atoms with van der Waals surface area (Å²) in [5.41, 5.74) is 6.46. The van der Waals surface area contributed by atoms with E-state index in [1.54, 1.807) is 12.1 Å². The Balaban J connectivity index is 2.05. The average molecular weight is 332 g/mol. The number of carbonyl (C=O) groups is 3. The number of carbonyl (C=O) groups excluding carboxylic acids is 2. The molecule has 1 aromatic carbocycles. The Labute approximate surface area is 139 Å². The molecule has 0 saturated heterocycles. The molecule has 1 aromatic rings. The lowest BCUT2D eigenvalue weighted by Gasteiger charge is -2.29. The number of benzene rings is 1. The molecule has 128 valence electrons. The first kappa shape index (κ1) is 17.5. The number of para-hydroxylation sites is 1. The second-order valence-corrected chi connectivity index (χ2v) is 5.98. The van der Waals surface area contributed by atoms with Crippen molar-refractivity contribution < 1.29 is 24.6 Å². The smallest absolute Gasteiger partial charge is 0.307 e. The number of hydrogen-bond acceptors (Lipinski definition) is 4. The maximum atomic E-state index is 12.3. The first-order chi connectivity index (χ1) is 11.3. The van der Waals surface area contributed by atoms with E-state index >= 15 is 0 Å². The number of hydrazine groups is 1. The van der Waals surface area contributed by atoms with Crippen LogP contribution in [0.25, 0.3) is 0 Å². The predicted molar refractivity (Wildman–Crippen MR) is 85.9 cm³/mol. The largest absolute Gasteiger partial charge is 0.507 e. The number of hydrogen-bond donors (Lipinski definition) is 4. The lowest BCUT2D eigenvalue weighted by atomic mass is 9.76. The summed E-state index contributed by atoms with van der Waals surface area (Å²) in [5, 5.41) is 18.9. The Morgan fingerprint density at radius 1 is 1.00 bits per heavy atom. The number of nitrogens with one attached hydrogen (secondary N) is 2. The second-order valence-electron chi connectivity index (χ2n) is 5.98. The fourth-order valence-electron chi connectivity index (χ4n) is 2.77. The molecule has 0 saturated carbocycles. The van der Waals surface area contributed by atoms with Crippen molar-refractivity contribution in [2.24, 2.45) is 11.8 Å². The van der Waals surface area contributed by atoms with Gasteiger partial charge in [-0.2, -0.15) is 0 Å². The quantitative estimate of drug-likeness (QED) is 0.496. The molecular weight excluding hydrogens is 312 g/mol. The molecule has 0 bridgehead atoms. The van der Waals surface area contributed by atoms with E-state index in [1.165, 1.54) is 12.1 Å². The molecule has 0 spiro atoms. The maximum Gasteiger partial charge on any atom is 0.307 e. The summed E-state index contributed by atoms with van der Waals surface area (Å²) >= 11 is 0. The van der Waals surface area contributed by atoms with Crippen molar-refractivity contribution in [3.8, 4) is 5.75 Å². The second kappa shape index (κ2) is 7.16. The van der Waals surface area contributed by atoms with Crippen LogP contribution in [0.5, 0.6) is 5.75 Å². The summed E-state index contributed by atoms with van der Waals surface area (Å²) < 4.78 is 0. The molecule has 2 amide bonds. The molecule has 0 heterocycles. The number of allylic oxidation sites excluding steroid dienone is 2. The van der Waals surface area contributed by atoms with Gasteiger partial charge in [-0.15, -0.1) is 0 Å². The highest BCUT2D eigenvalue weighted by atomic mass is 16.4. The zero-order valence-electron chi connectivity index (χ0n) is 13.5. The fourth-order valence-corrected chi connectivity index (χ4v) is 2.77. The van der Waals surface area contributed by atoms with Crippen LogP contribution < -0.4 is 10.9 Å². The van der Waals surface area contributed by atoms with Gasteiger partial charge in [0.15, 0.2) is 0 Å². The first-order valence-corrected chi connectivity index (χ1v) is 7.57. The average Bonchev–Trinajstić information content (AvgIpc) is 2.54. The van der Waals surface area contributed by atoms with Gasteiger partial charge in [0.25, 0.3) is 5.91 Å². The van der Waals surface area contributed by atoms with Crippen molar-refractivity contribution in [2.45, 2.75) is 26.7 Å². The summed E-state index contributed by atoms with van der Waals surface area (Å²) in [7, 11) is 0. The third kappa shape index (κ3) is 3.73. The zero-order valence-corrected chi connectivity index (χ0v) is 13.5. The van der Waals surface area contributed by atoms with E-state index in [2.05, 4.69) is 10.9 Å². The molecule has 7 nitrogen and oxygen atoms in total. The van der Waals surface area contributed by atoms with Crippen LogP contribution in [0.2, 0.25) is 0 Å². The minimum atomic E-state index is -1.03. The molecule has 7 heteroatoms. The van der Waals surface area contributed by atoms with Gasteiger partial charge in [0, 0.05) is 0 Å². The van der Waals surface area contributed by atoms with Gasteiger partial charge in [0.2, 0.25) is 5.91 Å². The number of phenolic OH excluding ortho intramolecular Hbond substituents is 1. The number of phenols is 1. The topological polar surface area (TPSA) is 116 Å².